The highest BCUT2D eigenvalue weighted by Crippen LogP contribution is 2.50. The first-order valence-electron chi connectivity index (χ1n) is 26.4. The van der Waals surface area contributed by atoms with E-state index in [0.717, 1.165) is 47.4 Å². The van der Waals surface area contributed by atoms with Crippen LogP contribution in [0.1, 0.15) is 50.7 Å². The summed E-state index contributed by atoms with van der Waals surface area (Å²) in [5.41, 5.74) is 16.7. The predicted octanol–water partition coefficient (Wildman–Crippen LogP) is 18.3. The van der Waals surface area contributed by atoms with E-state index >= 15 is 0 Å². The molecule has 0 fully saturated rings. The predicted molar refractivity (Wildman–Crippen MR) is 323 cm³/mol. The third kappa shape index (κ3) is 8.66. The molecule has 11 rings (SSSR count). The zero-order valence-corrected chi connectivity index (χ0v) is 45.8. The number of hydrogen-bond acceptors (Lipinski definition) is 1. The van der Waals surface area contributed by atoms with Crippen molar-refractivity contribution in [2.75, 3.05) is 0 Å². The molecule has 0 bridgehead atoms. The number of aromatic nitrogens is 2. The molecule has 366 valence electrons. The van der Waals surface area contributed by atoms with Crippen molar-refractivity contribution in [2.24, 2.45) is 5.92 Å². The Bertz CT molecular complexity index is 3880. The quantitative estimate of drug-likeness (QED) is 0.0402. The number of rotatable bonds is 11. The maximum absolute atomic E-state index is 5.16. The average Bonchev–Trinajstić information content (AvgIpc) is 3.98. The molecule has 1 aliphatic rings. The van der Waals surface area contributed by atoms with Crippen LogP contribution in [0.5, 0.6) is 0 Å². The van der Waals surface area contributed by atoms with Crippen molar-refractivity contribution < 1.29 is 9.14 Å². The molecule has 0 N–H and O–H groups in total. The van der Waals surface area contributed by atoms with E-state index in [1.165, 1.54) is 91.7 Å². The van der Waals surface area contributed by atoms with Crippen molar-refractivity contribution in [1.82, 2.24) is 4.57 Å². The summed E-state index contributed by atoms with van der Waals surface area (Å²) in [5.74, 6) is 1.55. The van der Waals surface area contributed by atoms with E-state index in [9.17, 15) is 0 Å². The Morgan fingerprint density at radius 3 is 2.08 bits per heavy atom. The van der Waals surface area contributed by atoms with Gasteiger partial charge in [0, 0.05) is 32.0 Å². The first-order valence-corrected chi connectivity index (χ1v) is 30.7. The minimum Gasteiger partial charge on any atom is -0.218 e. The van der Waals surface area contributed by atoms with Gasteiger partial charge in [-0.15, -0.1) is 11.3 Å². The minimum atomic E-state index is -1.69. The number of benzene rings is 8. The Labute approximate surface area is 443 Å². The number of imidazole rings is 1. The third-order valence-electron chi connectivity index (χ3n) is 15.8. The van der Waals surface area contributed by atoms with Gasteiger partial charge in [0.05, 0.1) is 24.3 Å². The second kappa shape index (κ2) is 19.8. The lowest BCUT2D eigenvalue weighted by atomic mass is 9.81. The Hall–Kier alpha value is -7.44. The lowest BCUT2D eigenvalue weighted by Gasteiger charge is -2.28. The van der Waals surface area contributed by atoms with E-state index in [-0.39, 0.29) is 12.0 Å². The van der Waals surface area contributed by atoms with Crippen LogP contribution >= 0.6 is 11.3 Å². The highest BCUT2D eigenvalue weighted by molar-refractivity contribution is 7.26. The summed E-state index contributed by atoms with van der Waals surface area (Å²) in [7, 11) is -1.69. The fraction of sp³-hybridized carbons (Fsp3) is 0.188. The van der Waals surface area contributed by atoms with Crippen LogP contribution in [0.2, 0.25) is 19.6 Å². The van der Waals surface area contributed by atoms with Gasteiger partial charge >= 0.3 is 0 Å². The van der Waals surface area contributed by atoms with E-state index < -0.39 is 8.07 Å². The van der Waals surface area contributed by atoms with Gasteiger partial charge in [-0.2, -0.15) is 4.57 Å². The van der Waals surface area contributed by atoms with E-state index in [2.05, 4.69) is 237 Å². The molecule has 5 heteroatoms. The third-order valence-corrected chi connectivity index (χ3v) is 19.3. The molecule has 8 aromatic carbocycles. The summed E-state index contributed by atoms with van der Waals surface area (Å²) in [6.45, 7) is 34.0. The zero-order chi connectivity index (χ0) is 51.4. The van der Waals surface area contributed by atoms with Crippen LogP contribution < -0.4 is 4.57 Å². The average molecular weight is 998 g/mol. The Morgan fingerprint density at radius 1 is 0.757 bits per heavy atom. The van der Waals surface area contributed by atoms with Gasteiger partial charge in [0.15, 0.2) is 23.3 Å². The molecule has 0 aliphatic carbocycles. The van der Waals surface area contributed by atoms with Crippen LogP contribution in [0.3, 0.4) is 0 Å². The summed E-state index contributed by atoms with van der Waals surface area (Å²) in [5, 5.41) is 6.48. The first-order chi connectivity index (χ1) is 35.8. The maximum atomic E-state index is 5.16. The fourth-order valence-corrected chi connectivity index (χ4v) is 14.9. The van der Waals surface area contributed by atoms with Crippen molar-refractivity contribution in [1.29, 1.82) is 0 Å². The number of aryl methyl sites for hydroxylation is 1. The van der Waals surface area contributed by atoms with Crippen LogP contribution in [-0.2, 0) is 13.0 Å². The molecule has 0 radical (unpaired) electrons. The van der Waals surface area contributed by atoms with Gasteiger partial charge in [-0.3, -0.25) is 0 Å². The van der Waals surface area contributed by atoms with Crippen molar-refractivity contribution in [3.05, 3.63) is 229 Å². The van der Waals surface area contributed by atoms with E-state index in [4.69, 9.17) is 19.9 Å². The smallest absolute Gasteiger partial charge is 0.218 e. The molecule has 2 aromatic heterocycles. The monoisotopic (exact) mass is 997 g/mol. The summed E-state index contributed by atoms with van der Waals surface area (Å²) < 4.78 is 10.1. The second-order valence-corrected chi connectivity index (χ2v) is 27.9. The van der Waals surface area contributed by atoms with E-state index in [1.807, 2.05) is 17.4 Å². The van der Waals surface area contributed by atoms with Crippen molar-refractivity contribution in [3.8, 4) is 50.5 Å². The molecule has 10 aromatic rings. The highest BCUT2D eigenvalue weighted by Gasteiger charge is 2.41. The molecule has 3 heterocycles. The van der Waals surface area contributed by atoms with Crippen molar-refractivity contribution >= 4 is 68.1 Å². The van der Waals surface area contributed by atoms with Gasteiger partial charge in [0.25, 0.3) is 5.82 Å². The van der Waals surface area contributed by atoms with Crippen LogP contribution in [0.25, 0.3) is 92.4 Å². The van der Waals surface area contributed by atoms with Gasteiger partial charge < -0.3 is 0 Å². The van der Waals surface area contributed by atoms with Crippen LogP contribution in [0, 0.1) is 5.92 Å². The molecular weight excluding hydrogens is 931 g/mol. The number of fused-ring (bicyclic) bond motifs is 11. The number of hydrogen-bond donors (Lipinski definition) is 0. The standard InChI is InChI=1S/C69H67N3SSi/c1-11-46(5)56-36-33-54-41-60(50-28-20-15-21-29-50)65-58-37-32-52(45(3)4)42-63(58)73-68(65)64(54)69-71(43-47(6)66(56)70(7)44-55(12-2)74(8,9)10)67-57-31-23-22-30-51(57)34-39-62(67)72(69)61-38-35-53(48-24-16-13-17-25-48)40-59(61)49-26-18-14-19-27-49/h11,13-32,34-35,37-42,44-45,56,66H,1,5-7,12,33,36,43H2,2-4,8-10H3/q+2/b55-44+. The molecular formula is C69H67N3SSi+2. The van der Waals surface area contributed by atoms with Gasteiger partial charge in [0.1, 0.15) is 18.9 Å². The number of allylic oxidation sites excluding steroid dienone is 2. The SMILES string of the molecule is C=CC(=C)C1CCc2cc(-c3ccccc3)c3c(sc4cc(C(C)C)ccc43)c2-c2n(-c3ccc(-c4ccccc4)cc3-c3ccccc3)c3ccc4ccccc4c3[n+]2CC(=C)C1[N+](=C)/C=C(\CC)[Si](C)(C)C. The largest absolute Gasteiger partial charge is 0.297 e. The highest BCUT2D eigenvalue weighted by atomic mass is 32.1. The summed E-state index contributed by atoms with van der Waals surface area (Å²) in [6.07, 6.45) is 6.97. The summed E-state index contributed by atoms with van der Waals surface area (Å²) in [4.78, 5) is 0. The Morgan fingerprint density at radius 2 is 1.42 bits per heavy atom. The van der Waals surface area contributed by atoms with Crippen LogP contribution in [0.15, 0.2) is 218 Å². The lowest BCUT2D eigenvalue weighted by molar-refractivity contribution is -0.655. The topological polar surface area (TPSA) is 11.8 Å². The van der Waals surface area contributed by atoms with E-state index in [1.54, 1.807) is 0 Å². The molecule has 3 nitrogen and oxygen atoms in total. The normalized spacial score (nSPS) is 15.4. The van der Waals surface area contributed by atoms with Crippen LogP contribution in [0.4, 0.5) is 0 Å². The number of thiophene rings is 1. The van der Waals surface area contributed by atoms with Gasteiger partial charge in [-0.25, -0.2) is 9.14 Å². The Balaban J connectivity index is 1.34. The van der Waals surface area contributed by atoms with E-state index in [0.29, 0.717) is 12.5 Å². The fourth-order valence-electron chi connectivity index (χ4n) is 11.9. The van der Waals surface area contributed by atoms with Crippen molar-refractivity contribution in [3.63, 3.8) is 0 Å². The molecule has 2 atom stereocenters. The molecule has 0 saturated carbocycles. The van der Waals surface area contributed by atoms with Gasteiger partial charge in [-0.05, 0) is 123 Å². The molecule has 0 spiro atoms. The molecule has 2 unspecified atom stereocenters. The van der Waals surface area contributed by atoms with Crippen molar-refractivity contribution in [2.45, 2.75) is 78.2 Å². The second-order valence-electron chi connectivity index (χ2n) is 21.7. The minimum absolute atomic E-state index is 0.00400. The number of nitrogens with zero attached hydrogens (tertiary/aromatic N) is 3. The first kappa shape index (κ1) is 48.8. The molecule has 0 saturated heterocycles. The Kier molecular flexibility index (Phi) is 13.0. The van der Waals surface area contributed by atoms with Gasteiger partial charge in [-0.1, -0.05) is 194 Å². The van der Waals surface area contributed by atoms with Gasteiger partial charge in [0.2, 0.25) is 0 Å². The maximum Gasteiger partial charge on any atom is 0.297 e. The molecule has 74 heavy (non-hydrogen) atoms. The zero-order valence-electron chi connectivity index (χ0n) is 44.0. The lowest BCUT2D eigenvalue weighted by Crippen LogP contribution is -2.44. The summed E-state index contributed by atoms with van der Waals surface area (Å²) in [6, 6.07) is 63.1. The molecule has 0 amide bonds. The molecule has 1 aliphatic heterocycles. The van der Waals surface area contributed by atoms with Crippen LogP contribution in [-0.4, -0.2) is 30.0 Å². The summed E-state index contributed by atoms with van der Waals surface area (Å²) >= 11 is 1.95.